The first kappa shape index (κ1) is 13.7. The Kier molecular flexibility index (Phi) is 3.74. The molecule has 0 bridgehead atoms. The Morgan fingerprint density at radius 2 is 2.05 bits per heavy atom. The normalized spacial score (nSPS) is 10.1. The lowest BCUT2D eigenvalue weighted by molar-refractivity contribution is -0.385. The molecule has 6 heteroatoms. The van der Waals surface area contributed by atoms with Gasteiger partial charge in [-0.2, -0.15) is 0 Å². The van der Waals surface area contributed by atoms with Gasteiger partial charge in [-0.3, -0.25) is 14.9 Å². The molecule has 0 N–H and O–H groups in total. The second kappa shape index (κ2) is 5.48. The molecule has 5 nitrogen and oxygen atoms in total. The van der Waals surface area contributed by atoms with Gasteiger partial charge in [0, 0.05) is 17.7 Å². The fourth-order valence-corrected chi connectivity index (χ4v) is 1.74. The summed E-state index contributed by atoms with van der Waals surface area (Å²) in [5.74, 6) is -0.592. The van der Waals surface area contributed by atoms with Gasteiger partial charge in [0.1, 0.15) is 17.9 Å². The zero-order chi connectivity index (χ0) is 14.7. The van der Waals surface area contributed by atoms with Crippen molar-refractivity contribution < 1.29 is 18.8 Å². The van der Waals surface area contributed by atoms with Crippen molar-refractivity contribution >= 4 is 12.0 Å². The summed E-state index contributed by atoms with van der Waals surface area (Å²) in [7, 11) is 0. The number of hydrogen-bond donors (Lipinski definition) is 0. The van der Waals surface area contributed by atoms with E-state index < -0.39 is 10.7 Å². The number of carbonyl (C=O) groups is 1. The largest absolute Gasteiger partial charge is 0.450 e. The van der Waals surface area contributed by atoms with Crippen LogP contribution < -0.4 is 4.74 Å². The van der Waals surface area contributed by atoms with Crippen LogP contribution in [-0.4, -0.2) is 11.2 Å². The van der Waals surface area contributed by atoms with E-state index in [1.807, 2.05) is 0 Å². The Labute approximate surface area is 113 Å². The number of halogens is 1. The van der Waals surface area contributed by atoms with Gasteiger partial charge in [-0.05, 0) is 24.6 Å². The SMILES string of the molecule is Cc1cccc([N+](=O)[O-])c1Oc1cc(F)cc(C=O)c1. The Morgan fingerprint density at radius 1 is 1.30 bits per heavy atom. The van der Waals surface area contributed by atoms with E-state index in [1.165, 1.54) is 18.2 Å². The fraction of sp³-hybridized carbons (Fsp3) is 0.0714. The van der Waals surface area contributed by atoms with E-state index in [1.54, 1.807) is 13.0 Å². The molecule has 0 fully saturated rings. The van der Waals surface area contributed by atoms with Crippen LogP contribution in [0.5, 0.6) is 11.5 Å². The van der Waals surface area contributed by atoms with Crippen LogP contribution in [0.15, 0.2) is 36.4 Å². The Bertz CT molecular complexity index is 685. The molecule has 0 heterocycles. The predicted molar refractivity (Wildman–Crippen MR) is 69.7 cm³/mol. The predicted octanol–water partition coefficient (Wildman–Crippen LogP) is 3.65. The van der Waals surface area contributed by atoms with Crippen molar-refractivity contribution in [1.82, 2.24) is 0 Å². The molecule has 0 aliphatic rings. The number of nitro groups is 1. The van der Waals surface area contributed by atoms with Crippen molar-refractivity contribution in [2.24, 2.45) is 0 Å². The number of nitrogens with zero attached hydrogens (tertiary/aromatic N) is 1. The molecule has 0 atom stereocenters. The van der Waals surface area contributed by atoms with Crippen LogP contribution in [0.4, 0.5) is 10.1 Å². The molecule has 0 saturated heterocycles. The zero-order valence-corrected chi connectivity index (χ0v) is 10.5. The number of hydrogen-bond acceptors (Lipinski definition) is 4. The number of nitro benzene ring substituents is 1. The number of carbonyl (C=O) groups excluding carboxylic acids is 1. The summed E-state index contributed by atoms with van der Waals surface area (Å²) < 4.78 is 18.7. The number of ether oxygens (including phenoxy) is 1. The van der Waals surface area contributed by atoms with Crippen LogP contribution in [0.2, 0.25) is 0 Å². The summed E-state index contributed by atoms with van der Waals surface area (Å²) in [6.45, 7) is 1.64. The van der Waals surface area contributed by atoms with Gasteiger partial charge in [0.05, 0.1) is 4.92 Å². The molecule has 0 saturated carbocycles. The zero-order valence-electron chi connectivity index (χ0n) is 10.5. The summed E-state index contributed by atoms with van der Waals surface area (Å²) >= 11 is 0. The van der Waals surface area contributed by atoms with E-state index in [9.17, 15) is 19.3 Å². The molecule has 20 heavy (non-hydrogen) atoms. The second-order valence-corrected chi connectivity index (χ2v) is 4.12. The smallest absolute Gasteiger partial charge is 0.311 e. The van der Waals surface area contributed by atoms with Crippen LogP contribution in [0, 0.1) is 22.9 Å². The van der Waals surface area contributed by atoms with Crippen LogP contribution in [0.1, 0.15) is 15.9 Å². The highest BCUT2D eigenvalue weighted by molar-refractivity contribution is 5.75. The second-order valence-electron chi connectivity index (χ2n) is 4.12. The Balaban J connectivity index is 2.47. The van der Waals surface area contributed by atoms with Crippen LogP contribution in [0.3, 0.4) is 0 Å². The third-order valence-electron chi connectivity index (χ3n) is 2.64. The quantitative estimate of drug-likeness (QED) is 0.485. The molecule has 0 aliphatic heterocycles. The Morgan fingerprint density at radius 3 is 2.70 bits per heavy atom. The van der Waals surface area contributed by atoms with Crippen LogP contribution in [0.25, 0.3) is 0 Å². The highest BCUT2D eigenvalue weighted by Crippen LogP contribution is 2.34. The number of aryl methyl sites for hydroxylation is 1. The monoisotopic (exact) mass is 275 g/mol. The van der Waals surface area contributed by atoms with E-state index in [2.05, 4.69) is 0 Å². The third kappa shape index (κ3) is 2.80. The van der Waals surface area contributed by atoms with Gasteiger partial charge < -0.3 is 4.74 Å². The summed E-state index contributed by atoms with van der Waals surface area (Å²) in [4.78, 5) is 21.0. The first-order valence-corrected chi connectivity index (χ1v) is 5.69. The topological polar surface area (TPSA) is 69.4 Å². The van der Waals surface area contributed by atoms with E-state index in [0.29, 0.717) is 11.8 Å². The maximum Gasteiger partial charge on any atom is 0.311 e. The third-order valence-corrected chi connectivity index (χ3v) is 2.64. The molecule has 102 valence electrons. The van der Waals surface area contributed by atoms with Gasteiger partial charge in [-0.25, -0.2) is 4.39 Å². The van der Waals surface area contributed by atoms with E-state index in [4.69, 9.17) is 4.74 Å². The summed E-state index contributed by atoms with van der Waals surface area (Å²) in [5.41, 5.74) is 0.411. The molecule has 0 radical (unpaired) electrons. The van der Waals surface area contributed by atoms with Crippen LogP contribution >= 0.6 is 0 Å². The lowest BCUT2D eigenvalue weighted by atomic mass is 10.2. The van der Waals surface area contributed by atoms with Crippen molar-refractivity contribution in [3.63, 3.8) is 0 Å². The average molecular weight is 275 g/mol. The van der Waals surface area contributed by atoms with Gasteiger partial charge in [0.25, 0.3) is 0 Å². The van der Waals surface area contributed by atoms with Gasteiger partial charge >= 0.3 is 5.69 Å². The number of benzene rings is 2. The van der Waals surface area contributed by atoms with Gasteiger partial charge in [0.15, 0.2) is 0 Å². The highest BCUT2D eigenvalue weighted by Gasteiger charge is 2.18. The number of para-hydroxylation sites is 1. The first-order valence-electron chi connectivity index (χ1n) is 5.69. The number of aldehydes is 1. The molecule has 2 rings (SSSR count). The van der Waals surface area contributed by atoms with Gasteiger partial charge in [0.2, 0.25) is 5.75 Å². The highest BCUT2D eigenvalue weighted by atomic mass is 19.1. The van der Waals surface area contributed by atoms with Gasteiger partial charge in [-0.1, -0.05) is 12.1 Å². The lowest BCUT2D eigenvalue weighted by Crippen LogP contribution is -1.96. The molecule has 0 amide bonds. The standard InChI is InChI=1S/C14H10FNO4/c1-9-3-2-4-13(16(18)19)14(9)20-12-6-10(8-17)5-11(15)7-12/h2-8H,1H3. The molecule has 0 aromatic heterocycles. The molecular formula is C14H10FNO4. The van der Waals surface area contributed by atoms with Crippen molar-refractivity contribution in [3.05, 3.63) is 63.5 Å². The fourth-order valence-electron chi connectivity index (χ4n) is 1.74. The van der Waals surface area contributed by atoms with Crippen molar-refractivity contribution in [3.8, 4) is 11.5 Å². The minimum atomic E-state index is -0.652. The average Bonchev–Trinajstić information content (AvgIpc) is 2.40. The summed E-state index contributed by atoms with van der Waals surface area (Å²) in [6, 6.07) is 7.88. The minimum Gasteiger partial charge on any atom is -0.450 e. The van der Waals surface area contributed by atoms with E-state index in [0.717, 1.165) is 12.1 Å². The minimum absolute atomic E-state index is 0.0277. The van der Waals surface area contributed by atoms with E-state index in [-0.39, 0.29) is 22.7 Å². The Hall–Kier alpha value is -2.76. The molecular weight excluding hydrogens is 265 g/mol. The lowest BCUT2D eigenvalue weighted by Gasteiger charge is -2.09. The van der Waals surface area contributed by atoms with Crippen molar-refractivity contribution in [2.45, 2.75) is 6.92 Å². The summed E-state index contributed by atoms with van der Waals surface area (Å²) in [6.07, 6.45) is 0.474. The maximum absolute atomic E-state index is 13.3. The van der Waals surface area contributed by atoms with Crippen molar-refractivity contribution in [1.29, 1.82) is 0 Å². The summed E-state index contributed by atoms with van der Waals surface area (Å²) in [5, 5.41) is 10.9. The molecule has 0 spiro atoms. The maximum atomic E-state index is 13.3. The molecule has 2 aromatic carbocycles. The molecule has 2 aromatic rings. The molecule has 0 aliphatic carbocycles. The number of rotatable bonds is 4. The molecule has 0 unspecified atom stereocenters. The van der Waals surface area contributed by atoms with Crippen LogP contribution in [-0.2, 0) is 0 Å². The first-order chi connectivity index (χ1) is 9.51. The van der Waals surface area contributed by atoms with Gasteiger partial charge in [-0.15, -0.1) is 0 Å². The van der Waals surface area contributed by atoms with E-state index >= 15 is 0 Å². The van der Waals surface area contributed by atoms with Crippen molar-refractivity contribution in [2.75, 3.05) is 0 Å².